The lowest BCUT2D eigenvalue weighted by atomic mass is 10.2. The third-order valence-electron chi connectivity index (χ3n) is 4.60. The van der Waals surface area contributed by atoms with Crippen molar-refractivity contribution in [3.8, 4) is 0 Å². The zero-order chi connectivity index (χ0) is 16.4. The monoisotopic (exact) mass is 321 g/mol. The van der Waals surface area contributed by atoms with Crippen molar-refractivity contribution in [2.45, 2.75) is 6.54 Å². The van der Waals surface area contributed by atoms with Gasteiger partial charge < -0.3 is 9.47 Å². The highest BCUT2D eigenvalue weighted by molar-refractivity contribution is 5.78. The van der Waals surface area contributed by atoms with E-state index in [1.54, 1.807) is 0 Å². The summed E-state index contributed by atoms with van der Waals surface area (Å²) in [6.07, 6.45) is 0. The van der Waals surface area contributed by atoms with Gasteiger partial charge in [-0.25, -0.2) is 9.99 Å². The molecule has 0 unspecified atom stereocenters. The number of aromatic nitrogens is 2. The Hall–Kier alpha value is -2.37. The van der Waals surface area contributed by atoms with Gasteiger partial charge in [-0.1, -0.05) is 42.5 Å². The highest BCUT2D eigenvalue weighted by Gasteiger charge is 2.17. The summed E-state index contributed by atoms with van der Waals surface area (Å²) in [6, 6.07) is 18.9. The van der Waals surface area contributed by atoms with Crippen LogP contribution in [0.2, 0.25) is 0 Å². The predicted octanol–water partition coefficient (Wildman–Crippen LogP) is 2.66. The minimum atomic E-state index is 0.817. The van der Waals surface area contributed by atoms with Crippen LogP contribution in [0.5, 0.6) is 0 Å². The van der Waals surface area contributed by atoms with Crippen LogP contribution in [0.1, 0.15) is 5.56 Å². The molecule has 0 atom stereocenters. The van der Waals surface area contributed by atoms with Crippen LogP contribution >= 0.6 is 0 Å². The van der Waals surface area contributed by atoms with E-state index in [0.29, 0.717) is 0 Å². The number of fused-ring (bicyclic) bond motifs is 1. The topological polar surface area (TPSA) is 36.3 Å². The first-order valence-corrected chi connectivity index (χ1v) is 8.49. The van der Waals surface area contributed by atoms with E-state index in [0.717, 1.165) is 49.7 Å². The molecule has 0 spiro atoms. The van der Waals surface area contributed by atoms with Crippen LogP contribution in [-0.4, -0.2) is 52.7 Å². The number of imidazole rings is 1. The van der Waals surface area contributed by atoms with Gasteiger partial charge in [-0.2, -0.15) is 0 Å². The molecule has 1 aromatic heterocycles. The Morgan fingerprint density at radius 2 is 1.62 bits per heavy atom. The van der Waals surface area contributed by atoms with E-state index in [2.05, 4.69) is 75.5 Å². The zero-order valence-corrected chi connectivity index (χ0v) is 14.0. The molecule has 1 saturated heterocycles. The number of anilines is 1. The standard InChI is InChI=1S/C19H23N5/c1-22-11-13-23(14-12-22)21-19-20-17-9-5-6-10-18(17)24(19)15-16-7-3-2-4-8-16/h2-10H,11-15H2,1H3,(H,20,21). The summed E-state index contributed by atoms with van der Waals surface area (Å²) >= 11 is 0. The highest BCUT2D eigenvalue weighted by atomic mass is 15.6. The Kier molecular flexibility index (Phi) is 4.19. The van der Waals surface area contributed by atoms with Crippen LogP contribution in [0.15, 0.2) is 54.6 Å². The second-order valence-corrected chi connectivity index (χ2v) is 6.40. The van der Waals surface area contributed by atoms with Crippen LogP contribution < -0.4 is 5.43 Å². The molecular weight excluding hydrogens is 298 g/mol. The summed E-state index contributed by atoms with van der Waals surface area (Å²) in [4.78, 5) is 7.17. The zero-order valence-electron chi connectivity index (χ0n) is 14.0. The molecule has 2 aromatic carbocycles. The quantitative estimate of drug-likeness (QED) is 0.801. The molecule has 24 heavy (non-hydrogen) atoms. The largest absolute Gasteiger partial charge is 0.305 e. The van der Waals surface area contributed by atoms with Crippen molar-refractivity contribution >= 4 is 17.0 Å². The third kappa shape index (κ3) is 3.13. The average molecular weight is 321 g/mol. The van der Waals surface area contributed by atoms with Gasteiger partial charge in [0.1, 0.15) is 0 Å². The summed E-state index contributed by atoms with van der Waals surface area (Å²) in [6.45, 7) is 4.98. The lowest BCUT2D eigenvalue weighted by molar-refractivity contribution is 0.177. The number of nitrogens with one attached hydrogen (secondary N) is 1. The van der Waals surface area contributed by atoms with Crippen molar-refractivity contribution in [1.29, 1.82) is 0 Å². The Morgan fingerprint density at radius 3 is 2.42 bits per heavy atom. The second-order valence-electron chi connectivity index (χ2n) is 6.40. The number of hydrogen-bond acceptors (Lipinski definition) is 4. The molecule has 3 aromatic rings. The van der Waals surface area contributed by atoms with Gasteiger partial charge >= 0.3 is 0 Å². The SMILES string of the molecule is CN1CCN(Nc2nc3ccccc3n2Cc2ccccc2)CC1. The second kappa shape index (κ2) is 6.63. The average Bonchev–Trinajstić information content (AvgIpc) is 2.95. The number of piperazine rings is 1. The lowest BCUT2D eigenvalue weighted by Crippen LogP contribution is -2.47. The van der Waals surface area contributed by atoms with Crippen molar-refractivity contribution in [3.63, 3.8) is 0 Å². The number of rotatable bonds is 4. The van der Waals surface area contributed by atoms with Gasteiger partial charge in [-0.05, 0) is 24.7 Å². The van der Waals surface area contributed by atoms with Crippen molar-refractivity contribution in [3.05, 3.63) is 60.2 Å². The minimum Gasteiger partial charge on any atom is -0.305 e. The number of hydrazine groups is 1. The van der Waals surface area contributed by atoms with Crippen molar-refractivity contribution in [2.75, 3.05) is 38.7 Å². The molecular formula is C19H23N5. The summed E-state index contributed by atoms with van der Waals surface area (Å²) in [5, 5.41) is 2.27. The predicted molar refractivity (Wildman–Crippen MR) is 98.0 cm³/mol. The van der Waals surface area contributed by atoms with Crippen LogP contribution in [0.25, 0.3) is 11.0 Å². The number of hydrogen-bond donors (Lipinski definition) is 1. The van der Waals surface area contributed by atoms with E-state index in [4.69, 9.17) is 4.98 Å². The molecule has 0 amide bonds. The normalized spacial score (nSPS) is 16.5. The molecule has 0 radical (unpaired) electrons. The van der Waals surface area contributed by atoms with Gasteiger partial charge in [0.05, 0.1) is 17.6 Å². The Labute approximate surface area is 142 Å². The molecule has 2 heterocycles. The van der Waals surface area contributed by atoms with Crippen molar-refractivity contribution in [2.24, 2.45) is 0 Å². The third-order valence-corrected chi connectivity index (χ3v) is 4.60. The Bertz CT molecular complexity index is 803. The highest BCUT2D eigenvalue weighted by Crippen LogP contribution is 2.22. The summed E-state index contributed by atoms with van der Waals surface area (Å²) < 4.78 is 2.27. The fourth-order valence-corrected chi connectivity index (χ4v) is 3.15. The number of benzene rings is 2. The Morgan fingerprint density at radius 1 is 0.917 bits per heavy atom. The molecule has 4 rings (SSSR count). The first kappa shape index (κ1) is 15.2. The van der Waals surface area contributed by atoms with E-state index in [1.807, 2.05) is 6.07 Å². The van der Waals surface area contributed by atoms with Crippen LogP contribution in [-0.2, 0) is 6.54 Å². The molecule has 1 N–H and O–H groups in total. The van der Waals surface area contributed by atoms with E-state index in [1.165, 1.54) is 5.56 Å². The maximum atomic E-state index is 4.82. The molecule has 0 bridgehead atoms. The van der Waals surface area contributed by atoms with Gasteiger partial charge in [0.2, 0.25) is 5.95 Å². The number of para-hydroxylation sites is 2. The molecule has 5 nitrogen and oxygen atoms in total. The maximum Gasteiger partial charge on any atom is 0.219 e. The van der Waals surface area contributed by atoms with Gasteiger partial charge in [0.25, 0.3) is 0 Å². The number of nitrogens with zero attached hydrogens (tertiary/aromatic N) is 4. The molecule has 5 heteroatoms. The van der Waals surface area contributed by atoms with Gasteiger partial charge in [0.15, 0.2) is 0 Å². The van der Waals surface area contributed by atoms with Crippen LogP contribution in [0, 0.1) is 0 Å². The van der Waals surface area contributed by atoms with E-state index in [-0.39, 0.29) is 0 Å². The van der Waals surface area contributed by atoms with Crippen LogP contribution in [0.4, 0.5) is 5.95 Å². The first-order valence-electron chi connectivity index (χ1n) is 8.49. The van der Waals surface area contributed by atoms with E-state index >= 15 is 0 Å². The Balaban J connectivity index is 1.65. The molecule has 124 valence electrons. The summed E-state index contributed by atoms with van der Waals surface area (Å²) in [7, 11) is 2.17. The number of likely N-dealkylation sites (N-methyl/N-ethyl adjacent to an activating group) is 1. The van der Waals surface area contributed by atoms with Crippen molar-refractivity contribution < 1.29 is 0 Å². The minimum absolute atomic E-state index is 0.817. The fourth-order valence-electron chi connectivity index (χ4n) is 3.15. The molecule has 0 aliphatic carbocycles. The molecule has 0 saturated carbocycles. The lowest BCUT2D eigenvalue weighted by Gasteiger charge is -2.32. The molecule has 1 aliphatic rings. The molecule has 1 fully saturated rings. The maximum absolute atomic E-state index is 4.82. The van der Waals surface area contributed by atoms with Gasteiger partial charge in [-0.15, -0.1) is 0 Å². The van der Waals surface area contributed by atoms with E-state index < -0.39 is 0 Å². The van der Waals surface area contributed by atoms with Crippen LogP contribution in [0.3, 0.4) is 0 Å². The first-order chi connectivity index (χ1) is 11.8. The fraction of sp³-hybridized carbons (Fsp3) is 0.316. The molecule has 1 aliphatic heterocycles. The van der Waals surface area contributed by atoms with Crippen molar-refractivity contribution in [1.82, 2.24) is 19.5 Å². The van der Waals surface area contributed by atoms with Gasteiger partial charge in [-0.3, -0.25) is 5.43 Å². The summed E-state index contributed by atoms with van der Waals surface area (Å²) in [5.74, 6) is 0.921. The van der Waals surface area contributed by atoms with E-state index in [9.17, 15) is 0 Å². The smallest absolute Gasteiger partial charge is 0.219 e. The summed E-state index contributed by atoms with van der Waals surface area (Å²) in [5.41, 5.74) is 7.02. The van der Waals surface area contributed by atoms with Gasteiger partial charge in [0, 0.05) is 26.2 Å².